The standard InChI is InChI=1S/C21H27N3O2.ClH/c1-14-10-15(2)20(16(3)11-14)23-19(25)13-24(4)21(26)18(22)12-17-8-6-5-7-9-17;/h5-11,18H,12-13,22H2,1-4H3,(H,23,25);1H. The van der Waals surface area contributed by atoms with E-state index in [2.05, 4.69) is 5.32 Å². The second-order valence-corrected chi connectivity index (χ2v) is 6.81. The van der Waals surface area contributed by atoms with Gasteiger partial charge in [0.2, 0.25) is 11.8 Å². The highest BCUT2D eigenvalue weighted by Crippen LogP contribution is 2.21. The lowest BCUT2D eigenvalue weighted by Gasteiger charge is -2.21. The minimum absolute atomic E-state index is 0. The summed E-state index contributed by atoms with van der Waals surface area (Å²) in [5.41, 5.74) is 11.0. The third-order valence-electron chi connectivity index (χ3n) is 4.31. The molecule has 146 valence electrons. The smallest absolute Gasteiger partial charge is 0.243 e. The Bertz CT molecular complexity index is 770. The Morgan fingerprint density at radius 3 is 2.19 bits per heavy atom. The fourth-order valence-electron chi connectivity index (χ4n) is 3.09. The zero-order valence-electron chi connectivity index (χ0n) is 16.3. The third-order valence-corrected chi connectivity index (χ3v) is 4.31. The second-order valence-electron chi connectivity index (χ2n) is 6.81. The Morgan fingerprint density at radius 1 is 1.07 bits per heavy atom. The van der Waals surface area contributed by atoms with Crippen molar-refractivity contribution in [1.29, 1.82) is 0 Å². The van der Waals surface area contributed by atoms with Gasteiger partial charge in [0.25, 0.3) is 0 Å². The summed E-state index contributed by atoms with van der Waals surface area (Å²) in [6.07, 6.45) is 0.446. The van der Waals surface area contributed by atoms with Gasteiger partial charge in [-0.15, -0.1) is 12.4 Å². The first-order valence-corrected chi connectivity index (χ1v) is 8.70. The van der Waals surface area contributed by atoms with E-state index in [1.807, 2.05) is 63.2 Å². The first kappa shape index (κ1) is 22.7. The molecule has 0 heterocycles. The Morgan fingerprint density at radius 2 is 1.63 bits per heavy atom. The van der Waals surface area contributed by atoms with Crippen LogP contribution in [0.25, 0.3) is 0 Å². The summed E-state index contributed by atoms with van der Waals surface area (Å²) in [6.45, 7) is 5.90. The maximum absolute atomic E-state index is 12.4. The Labute approximate surface area is 167 Å². The lowest BCUT2D eigenvalue weighted by Crippen LogP contribution is -2.45. The first-order chi connectivity index (χ1) is 12.3. The van der Waals surface area contributed by atoms with Crippen LogP contribution < -0.4 is 11.1 Å². The summed E-state index contributed by atoms with van der Waals surface area (Å²) in [4.78, 5) is 26.2. The highest BCUT2D eigenvalue weighted by atomic mass is 35.5. The number of carbonyl (C=O) groups excluding carboxylic acids is 2. The van der Waals surface area contributed by atoms with Crippen molar-refractivity contribution in [2.75, 3.05) is 18.9 Å². The lowest BCUT2D eigenvalue weighted by molar-refractivity contribution is -0.134. The maximum atomic E-state index is 12.4. The zero-order chi connectivity index (χ0) is 19.3. The summed E-state index contributed by atoms with van der Waals surface area (Å²) in [6, 6.07) is 13.0. The quantitative estimate of drug-likeness (QED) is 0.797. The molecule has 0 aromatic heterocycles. The number of nitrogens with zero attached hydrogens (tertiary/aromatic N) is 1. The normalized spacial score (nSPS) is 11.3. The van der Waals surface area contributed by atoms with Crippen LogP contribution in [0.15, 0.2) is 42.5 Å². The molecule has 0 aliphatic carbocycles. The topological polar surface area (TPSA) is 75.4 Å². The highest BCUT2D eigenvalue weighted by Gasteiger charge is 2.20. The van der Waals surface area contributed by atoms with Crippen LogP contribution in [0.1, 0.15) is 22.3 Å². The van der Waals surface area contributed by atoms with Crippen LogP contribution in [0, 0.1) is 20.8 Å². The molecular weight excluding hydrogens is 362 g/mol. The van der Waals surface area contributed by atoms with Gasteiger partial charge in [0.05, 0.1) is 12.6 Å². The van der Waals surface area contributed by atoms with E-state index in [1.54, 1.807) is 7.05 Å². The molecule has 1 unspecified atom stereocenters. The van der Waals surface area contributed by atoms with Crippen molar-refractivity contribution in [2.24, 2.45) is 5.73 Å². The van der Waals surface area contributed by atoms with Crippen molar-refractivity contribution in [3.63, 3.8) is 0 Å². The van der Waals surface area contributed by atoms with Crippen LogP contribution >= 0.6 is 12.4 Å². The average molecular weight is 390 g/mol. The summed E-state index contributed by atoms with van der Waals surface area (Å²) in [7, 11) is 1.60. The van der Waals surface area contributed by atoms with Gasteiger partial charge in [-0.05, 0) is 43.9 Å². The van der Waals surface area contributed by atoms with E-state index in [0.29, 0.717) is 6.42 Å². The number of likely N-dealkylation sites (N-methyl/N-ethyl adjacent to an activating group) is 1. The van der Waals surface area contributed by atoms with E-state index in [0.717, 1.165) is 27.9 Å². The zero-order valence-corrected chi connectivity index (χ0v) is 17.1. The number of amides is 2. The number of benzene rings is 2. The Hall–Kier alpha value is -2.37. The van der Waals surface area contributed by atoms with E-state index >= 15 is 0 Å². The summed E-state index contributed by atoms with van der Waals surface area (Å²) in [5.74, 6) is -0.482. The van der Waals surface area contributed by atoms with Gasteiger partial charge in [-0.3, -0.25) is 9.59 Å². The number of hydrogen-bond acceptors (Lipinski definition) is 3. The van der Waals surface area contributed by atoms with E-state index in [-0.39, 0.29) is 30.8 Å². The van der Waals surface area contributed by atoms with E-state index in [4.69, 9.17) is 5.73 Å². The van der Waals surface area contributed by atoms with Crippen molar-refractivity contribution in [3.05, 3.63) is 64.7 Å². The van der Waals surface area contributed by atoms with Gasteiger partial charge in [0, 0.05) is 12.7 Å². The van der Waals surface area contributed by atoms with E-state index in [9.17, 15) is 9.59 Å². The van der Waals surface area contributed by atoms with Crippen LogP contribution in [-0.2, 0) is 16.0 Å². The molecule has 2 aromatic carbocycles. The fourth-order valence-corrected chi connectivity index (χ4v) is 3.09. The molecule has 5 nitrogen and oxygen atoms in total. The van der Waals surface area contributed by atoms with Gasteiger partial charge in [-0.25, -0.2) is 0 Å². The fraction of sp³-hybridized carbons (Fsp3) is 0.333. The van der Waals surface area contributed by atoms with E-state index in [1.165, 1.54) is 4.90 Å². The predicted octanol–water partition coefficient (Wildman–Crippen LogP) is 3.00. The van der Waals surface area contributed by atoms with Gasteiger partial charge in [-0.1, -0.05) is 48.0 Å². The maximum Gasteiger partial charge on any atom is 0.243 e. The van der Waals surface area contributed by atoms with Crippen LogP contribution in [0.4, 0.5) is 5.69 Å². The van der Waals surface area contributed by atoms with E-state index < -0.39 is 6.04 Å². The number of hydrogen-bond donors (Lipinski definition) is 2. The lowest BCUT2D eigenvalue weighted by atomic mass is 10.0. The highest BCUT2D eigenvalue weighted by molar-refractivity contribution is 5.96. The minimum atomic E-state index is -0.668. The number of nitrogens with two attached hydrogens (primary N) is 1. The van der Waals surface area contributed by atoms with Gasteiger partial charge in [-0.2, -0.15) is 0 Å². The number of carbonyl (C=O) groups is 2. The molecule has 3 N–H and O–H groups in total. The molecule has 2 rings (SSSR count). The predicted molar refractivity (Wildman–Crippen MR) is 112 cm³/mol. The Balaban J connectivity index is 0.00000364. The molecule has 0 saturated heterocycles. The number of halogens is 1. The molecule has 6 heteroatoms. The summed E-state index contributed by atoms with van der Waals surface area (Å²) >= 11 is 0. The molecule has 0 aliphatic heterocycles. The molecule has 1 atom stereocenters. The molecule has 0 fully saturated rings. The molecule has 2 aromatic rings. The molecule has 0 saturated carbocycles. The average Bonchev–Trinajstić information content (AvgIpc) is 2.58. The number of nitrogens with one attached hydrogen (secondary N) is 1. The number of aryl methyl sites for hydroxylation is 3. The van der Waals surface area contributed by atoms with Crippen molar-refractivity contribution in [3.8, 4) is 0 Å². The van der Waals surface area contributed by atoms with Crippen molar-refractivity contribution < 1.29 is 9.59 Å². The van der Waals surface area contributed by atoms with Gasteiger partial charge in [0.15, 0.2) is 0 Å². The van der Waals surface area contributed by atoms with Crippen LogP contribution in [0.3, 0.4) is 0 Å². The van der Waals surface area contributed by atoms with Crippen molar-refractivity contribution in [2.45, 2.75) is 33.2 Å². The van der Waals surface area contributed by atoms with Gasteiger partial charge < -0.3 is 16.0 Å². The molecular formula is C21H28ClN3O2. The van der Waals surface area contributed by atoms with Crippen molar-refractivity contribution >= 4 is 29.9 Å². The molecule has 0 spiro atoms. The largest absolute Gasteiger partial charge is 0.335 e. The monoisotopic (exact) mass is 389 g/mol. The number of rotatable bonds is 6. The second kappa shape index (κ2) is 10.1. The summed E-state index contributed by atoms with van der Waals surface area (Å²) in [5, 5.41) is 2.91. The third kappa shape index (κ3) is 6.38. The molecule has 0 radical (unpaired) electrons. The van der Waals surface area contributed by atoms with Crippen molar-refractivity contribution in [1.82, 2.24) is 4.90 Å². The summed E-state index contributed by atoms with van der Waals surface area (Å²) < 4.78 is 0. The van der Waals surface area contributed by atoms with Gasteiger partial charge in [0.1, 0.15) is 0 Å². The molecule has 27 heavy (non-hydrogen) atoms. The van der Waals surface area contributed by atoms with Crippen LogP contribution in [0.5, 0.6) is 0 Å². The number of anilines is 1. The molecule has 2 amide bonds. The Kier molecular flexibility index (Phi) is 8.47. The minimum Gasteiger partial charge on any atom is -0.335 e. The van der Waals surface area contributed by atoms with Gasteiger partial charge >= 0.3 is 0 Å². The van der Waals surface area contributed by atoms with Crippen LogP contribution in [0.2, 0.25) is 0 Å². The first-order valence-electron chi connectivity index (χ1n) is 8.70. The molecule has 0 bridgehead atoms. The van der Waals surface area contributed by atoms with Crippen LogP contribution in [-0.4, -0.2) is 36.3 Å². The SMILES string of the molecule is Cc1cc(C)c(NC(=O)CN(C)C(=O)C(N)Cc2ccccc2)c(C)c1.Cl. The molecule has 0 aliphatic rings.